The number of halogens is 1. The summed E-state index contributed by atoms with van der Waals surface area (Å²) in [6.07, 6.45) is 0.343. The first-order valence-electron chi connectivity index (χ1n) is 3.26. The van der Waals surface area contributed by atoms with E-state index in [2.05, 4.69) is 0 Å². The molecule has 0 aliphatic heterocycles. The van der Waals surface area contributed by atoms with Gasteiger partial charge in [-0.3, -0.25) is 10.1 Å². The van der Waals surface area contributed by atoms with Crippen molar-refractivity contribution in [3.8, 4) is 0 Å². The Morgan fingerprint density at radius 3 is 2.50 bits per heavy atom. The zero-order valence-electron chi connectivity index (χ0n) is 6.11. The molecule has 3 nitrogen and oxygen atoms in total. The van der Waals surface area contributed by atoms with E-state index in [9.17, 15) is 14.5 Å². The lowest BCUT2D eigenvalue weighted by Gasteiger charge is -1.91. The third-order valence-electron chi connectivity index (χ3n) is 1.27. The molecule has 0 saturated heterocycles. The summed E-state index contributed by atoms with van der Waals surface area (Å²) >= 11 is 0. The smallest absolute Gasteiger partial charge is 0.259 e. The van der Waals surface area contributed by atoms with Gasteiger partial charge in [0.2, 0.25) is 0 Å². The van der Waals surface area contributed by atoms with Gasteiger partial charge >= 0.3 is 0 Å². The van der Waals surface area contributed by atoms with Crippen LogP contribution in [0.5, 0.6) is 0 Å². The van der Waals surface area contributed by atoms with Crippen LogP contribution in [0.25, 0.3) is 5.83 Å². The molecule has 0 amide bonds. The van der Waals surface area contributed by atoms with Crippen LogP contribution in [0.15, 0.2) is 36.5 Å². The van der Waals surface area contributed by atoms with Crippen LogP contribution in [0, 0.1) is 10.1 Å². The second-order valence-corrected chi connectivity index (χ2v) is 2.13. The summed E-state index contributed by atoms with van der Waals surface area (Å²) in [5.41, 5.74) is 0.217. The molecule has 0 unspecified atom stereocenters. The van der Waals surface area contributed by atoms with E-state index in [0.29, 0.717) is 6.20 Å². The molecule has 4 heteroatoms. The number of nitrogens with zero attached hydrogens (tertiary/aromatic N) is 1. The molecular formula is C8H6FNO2. The Balaban J connectivity index is 2.93. The molecule has 0 spiro atoms. The first-order valence-corrected chi connectivity index (χ1v) is 3.26. The lowest BCUT2D eigenvalue weighted by atomic mass is 10.2. The Hall–Kier alpha value is -1.71. The average molecular weight is 167 g/mol. The standard InChI is InChI=1S/C8H6FNO2/c9-8(6-10(11)12)7-4-2-1-3-5-7/h1-6H. The molecule has 0 heterocycles. The van der Waals surface area contributed by atoms with E-state index in [1.54, 1.807) is 18.2 Å². The fourth-order valence-corrected chi connectivity index (χ4v) is 0.764. The van der Waals surface area contributed by atoms with Crippen molar-refractivity contribution in [3.63, 3.8) is 0 Å². The molecule has 1 aromatic rings. The summed E-state index contributed by atoms with van der Waals surface area (Å²) in [5.74, 6) is -0.833. The van der Waals surface area contributed by atoms with E-state index < -0.39 is 10.8 Å². The van der Waals surface area contributed by atoms with Gasteiger partial charge < -0.3 is 0 Å². The zero-order chi connectivity index (χ0) is 8.97. The lowest BCUT2D eigenvalue weighted by molar-refractivity contribution is -0.402. The van der Waals surface area contributed by atoms with E-state index in [4.69, 9.17) is 0 Å². The topological polar surface area (TPSA) is 43.1 Å². The molecule has 62 valence electrons. The number of nitro groups is 1. The van der Waals surface area contributed by atoms with Crippen molar-refractivity contribution >= 4 is 5.83 Å². The van der Waals surface area contributed by atoms with Gasteiger partial charge in [-0.1, -0.05) is 30.3 Å². The van der Waals surface area contributed by atoms with Crippen molar-refractivity contribution < 1.29 is 9.31 Å². The highest BCUT2D eigenvalue weighted by Crippen LogP contribution is 2.14. The quantitative estimate of drug-likeness (QED) is 0.500. The molecule has 0 aliphatic rings. The monoisotopic (exact) mass is 167 g/mol. The maximum atomic E-state index is 12.8. The largest absolute Gasteiger partial charge is 0.270 e. The first kappa shape index (κ1) is 8.39. The predicted molar refractivity (Wildman–Crippen MR) is 42.5 cm³/mol. The van der Waals surface area contributed by atoms with E-state index in [1.807, 2.05) is 0 Å². The summed E-state index contributed by atoms with van der Waals surface area (Å²) in [7, 11) is 0. The van der Waals surface area contributed by atoms with Crippen LogP contribution in [0.1, 0.15) is 5.56 Å². The highest BCUT2D eigenvalue weighted by Gasteiger charge is 2.02. The van der Waals surface area contributed by atoms with Crippen LogP contribution in [-0.4, -0.2) is 4.92 Å². The molecule has 0 aliphatic carbocycles. The minimum Gasteiger partial charge on any atom is -0.259 e. The first-order chi connectivity index (χ1) is 5.70. The number of rotatable bonds is 2. The van der Waals surface area contributed by atoms with Gasteiger partial charge in [-0.25, -0.2) is 0 Å². The SMILES string of the molecule is O=[N+]([O-])C=C(F)c1ccccc1. The second-order valence-electron chi connectivity index (χ2n) is 2.13. The minimum absolute atomic E-state index is 0.217. The van der Waals surface area contributed by atoms with E-state index >= 15 is 0 Å². The summed E-state index contributed by atoms with van der Waals surface area (Å²) in [6, 6.07) is 7.87. The third-order valence-corrected chi connectivity index (χ3v) is 1.27. The van der Waals surface area contributed by atoms with Gasteiger partial charge in [-0.05, 0) is 0 Å². The van der Waals surface area contributed by atoms with Gasteiger partial charge in [-0.2, -0.15) is 4.39 Å². The molecular weight excluding hydrogens is 161 g/mol. The summed E-state index contributed by atoms with van der Waals surface area (Å²) in [4.78, 5) is 9.06. The van der Waals surface area contributed by atoms with Crippen LogP contribution >= 0.6 is 0 Å². The molecule has 0 radical (unpaired) electrons. The summed E-state index contributed by atoms with van der Waals surface area (Å²) in [6.45, 7) is 0. The van der Waals surface area contributed by atoms with Crippen LogP contribution in [0.2, 0.25) is 0 Å². The average Bonchev–Trinajstić information content (AvgIpc) is 2.05. The maximum absolute atomic E-state index is 12.8. The fraction of sp³-hybridized carbons (Fsp3) is 0. The van der Waals surface area contributed by atoms with Crippen molar-refractivity contribution in [3.05, 3.63) is 52.2 Å². The molecule has 0 fully saturated rings. The minimum atomic E-state index is -0.833. The van der Waals surface area contributed by atoms with E-state index in [-0.39, 0.29) is 5.56 Å². The van der Waals surface area contributed by atoms with Gasteiger partial charge in [0.1, 0.15) is 0 Å². The van der Waals surface area contributed by atoms with Crippen molar-refractivity contribution in [2.75, 3.05) is 0 Å². The highest BCUT2D eigenvalue weighted by molar-refractivity contribution is 5.57. The highest BCUT2D eigenvalue weighted by atomic mass is 19.1. The van der Waals surface area contributed by atoms with Crippen molar-refractivity contribution in [2.45, 2.75) is 0 Å². The maximum Gasteiger partial charge on any atom is 0.270 e. The molecule has 0 atom stereocenters. The van der Waals surface area contributed by atoms with Crippen LogP contribution in [0.4, 0.5) is 4.39 Å². The van der Waals surface area contributed by atoms with Gasteiger partial charge in [0, 0.05) is 5.56 Å². The zero-order valence-corrected chi connectivity index (χ0v) is 6.11. The fourth-order valence-electron chi connectivity index (χ4n) is 0.764. The van der Waals surface area contributed by atoms with Gasteiger partial charge in [-0.15, -0.1) is 0 Å². The Labute approximate surface area is 68.3 Å². The van der Waals surface area contributed by atoms with Gasteiger partial charge in [0.25, 0.3) is 6.20 Å². The van der Waals surface area contributed by atoms with Gasteiger partial charge in [0.15, 0.2) is 5.83 Å². The molecule has 0 aromatic heterocycles. The van der Waals surface area contributed by atoms with Crippen LogP contribution in [0.3, 0.4) is 0 Å². The lowest BCUT2D eigenvalue weighted by Crippen LogP contribution is -1.86. The molecule has 1 aromatic carbocycles. The predicted octanol–water partition coefficient (Wildman–Crippen LogP) is 2.23. The molecule has 0 N–H and O–H groups in total. The molecule has 0 saturated carbocycles. The van der Waals surface area contributed by atoms with Crippen LogP contribution < -0.4 is 0 Å². The molecule has 1 rings (SSSR count). The Bertz CT molecular complexity index is 308. The molecule has 12 heavy (non-hydrogen) atoms. The van der Waals surface area contributed by atoms with Crippen molar-refractivity contribution in [1.82, 2.24) is 0 Å². The molecule has 0 bridgehead atoms. The second kappa shape index (κ2) is 3.61. The number of hydrogen-bond donors (Lipinski definition) is 0. The van der Waals surface area contributed by atoms with E-state index in [0.717, 1.165) is 0 Å². The number of hydrogen-bond acceptors (Lipinski definition) is 2. The van der Waals surface area contributed by atoms with Gasteiger partial charge in [0.05, 0.1) is 4.92 Å². The summed E-state index contributed by atoms with van der Waals surface area (Å²) < 4.78 is 12.8. The van der Waals surface area contributed by atoms with E-state index in [1.165, 1.54) is 12.1 Å². The van der Waals surface area contributed by atoms with Crippen molar-refractivity contribution in [1.29, 1.82) is 0 Å². The Morgan fingerprint density at radius 2 is 2.00 bits per heavy atom. The Kier molecular flexibility index (Phi) is 2.53. The van der Waals surface area contributed by atoms with Crippen molar-refractivity contribution in [2.24, 2.45) is 0 Å². The summed E-state index contributed by atoms with van der Waals surface area (Å²) in [5, 5.41) is 9.87. The van der Waals surface area contributed by atoms with Crippen LogP contribution in [-0.2, 0) is 0 Å². The third kappa shape index (κ3) is 2.16. The Morgan fingerprint density at radius 1 is 1.42 bits per heavy atom. The number of benzene rings is 1. The normalized spacial score (nSPS) is 11.2.